The minimum Gasteiger partial charge on any atom is -0.353 e. The second kappa shape index (κ2) is 8.73. The summed E-state index contributed by atoms with van der Waals surface area (Å²) in [6.07, 6.45) is -3.60. The Morgan fingerprint density at radius 1 is 0.973 bits per heavy atom. The van der Waals surface area contributed by atoms with Gasteiger partial charge in [0.25, 0.3) is 11.5 Å². The van der Waals surface area contributed by atoms with Crippen LogP contribution in [-0.4, -0.2) is 56.9 Å². The molecule has 0 saturated carbocycles. The Labute approximate surface area is 211 Å². The van der Waals surface area contributed by atoms with Crippen LogP contribution in [0.3, 0.4) is 0 Å². The van der Waals surface area contributed by atoms with Gasteiger partial charge in [-0.25, -0.2) is 9.97 Å². The summed E-state index contributed by atoms with van der Waals surface area (Å²) in [4.78, 5) is 43.7. The van der Waals surface area contributed by atoms with E-state index in [9.17, 15) is 22.8 Å². The fraction of sp³-hybridized carbons (Fsp3) is 0.200. The molecule has 0 atom stereocenters. The Morgan fingerprint density at radius 2 is 1.78 bits per heavy atom. The molecule has 37 heavy (non-hydrogen) atoms. The van der Waals surface area contributed by atoms with Crippen LogP contribution in [0.4, 0.5) is 19.0 Å². The Balaban J connectivity index is 1.17. The molecule has 0 aliphatic carbocycles. The lowest BCUT2D eigenvalue weighted by molar-refractivity contribution is -0.137. The molecule has 1 aromatic carbocycles. The highest BCUT2D eigenvalue weighted by Crippen LogP contribution is 2.30. The number of nitrogens with zero attached hydrogens (tertiary/aromatic N) is 4. The van der Waals surface area contributed by atoms with Gasteiger partial charge in [0.15, 0.2) is 5.69 Å². The van der Waals surface area contributed by atoms with Crippen LogP contribution < -0.4 is 10.5 Å². The lowest BCUT2D eigenvalue weighted by Gasteiger charge is -2.35. The van der Waals surface area contributed by atoms with E-state index in [1.165, 1.54) is 17.4 Å². The summed E-state index contributed by atoms with van der Waals surface area (Å²) in [7, 11) is 0. The highest BCUT2D eigenvalue weighted by molar-refractivity contribution is 7.09. The Hall–Kier alpha value is -4.19. The number of pyridine rings is 1. The van der Waals surface area contributed by atoms with Crippen molar-refractivity contribution in [2.24, 2.45) is 0 Å². The van der Waals surface area contributed by atoms with Crippen LogP contribution in [0.25, 0.3) is 33.3 Å². The van der Waals surface area contributed by atoms with E-state index >= 15 is 0 Å². The van der Waals surface area contributed by atoms with Crippen molar-refractivity contribution >= 4 is 45.0 Å². The summed E-state index contributed by atoms with van der Waals surface area (Å²) in [6.45, 7) is 1.75. The number of nitrogens with one attached hydrogen (secondary N) is 2. The summed E-state index contributed by atoms with van der Waals surface area (Å²) < 4.78 is 38.4. The smallest absolute Gasteiger partial charge is 0.353 e. The quantitative estimate of drug-likeness (QED) is 0.362. The van der Waals surface area contributed by atoms with Crippen molar-refractivity contribution in [3.05, 3.63) is 74.8 Å². The summed E-state index contributed by atoms with van der Waals surface area (Å²) in [5.74, 6) is 0.311. The molecule has 1 saturated heterocycles. The van der Waals surface area contributed by atoms with Gasteiger partial charge in [0, 0.05) is 59.6 Å². The third kappa shape index (κ3) is 4.33. The Kier molecular flexibility index (Phi) is 5.48. The zero-order chi connectivity index (χ0) is 25.7. The van der Waals surface area contributed by atoms with Gasteiger partial charge < -0.3 is 19.8 Å². The molecule has 8 nitrogen and oxygen atoms in total. The number of hydrogen-bond donors (Lipinski definition) is 2. The minimum absolute atomic E-state index is 0.139. The molecule has 1 fully saturated rings. The maximum atomic E-state index is 13.2. The summed E-state index contributed by atoms with van der Waals surface area (Å²) >= 11 is 1.46. The first kappa shape index (κ1) is 23.2. The lowest BCUT2D eigenvalue weighted by Crippen LogP contribution is -2.49. The van der Waals surface area contributed by atoms with Gasteiger partial charge in [0.2, 0.25) is 0 Å². The van der Waals surface area contributed by atoms with Crippen LogP contribution in [0, 0.1) is 0 Å². The molecule has 188 valence electrons. The number of H-pyrrole nitrogens is 2. The molecule has 5 aromatic rings. The molecular weight excluding hydrogens is 505 g/mol. The van der Waals surface area contributed by atoms with Crippen molar-refractivity contribution < 1.29 is 18.0 Å². The number of alkyl halides is 3. The molecule has 0 unspecified atom stereocenters. The van der Waals surface area contributed by atoms with Gasteiger partial charge in [-0.3, -0.25) is 9.59 Å². The number of carbonyl (C=O) groups excluding carboxylic acids is 1. The van der Waals surface area contributed by atoms with Crippen molar-refractivity contribution in [2.45, 2.75) is 6.18 Å². The topological polar surface area (TPSA) is 98.0 Å². The van der Waals surface area contributed by atoms with E-state index in [1.807, 2.05) is 15.7 Å². The van der Waals surface area contributed by atoms with Crippen LogP contribution in [0.1, 0.15) is 15.9 Å². The van der Waals surface area contributed by atoms with Gasteiger partial charge in [0.05, 0.1) is 22.3 Å². The number of anilines is 1. The summed E-state index contributed by atoms with van der Waals surface area (Å²) in [5.41, 5.74) is 2.44. The number of halogens is 3. The number of aromatic amines is 2. The van der Waals surface area contributed by atoms with E-state index < -0.39 is 11.7 Å². The number of carbonyl (C=O) groups is 1. The number of hydrogen-bond acceptors (Lipinski definition) is 6. The van der Waals surface area contributed by atoms with Crippen molar-refractivity contribution in [1.29, 1.82) is 0 Å². The van der Waals surface area contributed by atoms with Gasteiger partial charge in [0.1, 0.15) is 5.82 Å². The molecule has 0 radical (unpaired) electrons. The highest BCUT2D eigenvalue weighted by atomic mass is 32.1. The number of thiophene rings is 1. The average Bonchev–Trinajstić information content (AvgIpc) is 3.53. The van der Waals surface area contributed by atoms with Gasteiger partial charge >= 0.3 is 6.18 Å². The van der Waals surface area contributed by atoms with E-state index in [0.717, 1.165) is 23.2 Å². The van der Waals surface area contributed by atoms with Gasteiger partial charge in [-0.2, -0.15) is 13.2 Å². The second-order valence-electron chi connectivity index (χ2n) is 8.75. The van der Waals surface area contributed by atoms with E-state index in [-0.39, 0.29) is 17.2 Å². The summed E-state index contributed by atoms with van der Waals surface area (Å²) in [6, 6.07) is 9.48. The van der Waals surface area contributed by atoms with Crippen molar-refractivity contribution in [1.82, 2.24) is 24.8 Å². The molecular formula is C25H19F3N6O2S. The zero-order valence-electron chi connectivity index (χ0n) is 19.2. The third-order valence-corrected chi connectivity index (χ3v) is 7.16. The van der Waals surface area contributed by atoms with E-state index in [2.05, 4.69) is 19.9 Å². The molecule has 5 heterocycles. The van der Waals surface area contributed by atoms with E-state index in [1.54, 1.807) is 29.2 Å². The molecule has 1 aliphatic rings. The first-order valence-electron chi connectivity index (χ1n) is 11.4. The number of benzene rings is 1. The largest absolute Gasteiger partial charge is 0.417 e. The standard InChI is InChI=1S/C25H19F3N6O2S/c26-25(27,28)16-2-4-21(29-11-16)33-5-7-34(8-6-33)24(36)14-1-3-17-15(9-14)10-18(30-17)22-23(35)32-20-13-37-12-19(20)31-22/h1-4,9-13,30H,5-8H2,(H,32,35). The molecule has 1 aliphatic heterocycles. The first-order chi connectivity index (χ1) is 17.8. The van der Waals surface area contributed by atoms with Crippen molar-refractivity contribution in [3.63, 3.8) is 0 Å². The number of aromatic nitrogens is 4. The van der Waals surface area contributed by atoms with Crippen LogP contribution in [0.2, 0.25) is 0 Å². The lowest BCUT2D eigenvalue weighted by atomic mass is 10.1. The first-order valence-corrected chi connectivity index (χ1v) is 12.4. The van der Waals surface area contributed by atoms with E-state index in [4.69, 9.17) is 0 Å². The zero-order valence-corrected chi connectivity index (χ0v) is 20.0. The second-order valence-corrected chi connectivity index (χ2v) is 9.50. The van der Waals surface area contributed by atoms with Crippen LogP contribution in [-0.2, 0) is 6.18 Å². The van der Waals surface area contributed by atoms with Crippen LogP contribution >= 0.6 is 11.3 Å². The fourth-order valence-corrected chi connectivity index (χ4v) is 5.15. The van der Waals surface area contributed by atoms with Gasteiger partial charge in [-0.1, -0.05) is 0 Å². The SMILES string of the molecule is O=C(c1ccc2[nH]c(-c3nc4cscc4[nH]c3=O)cc2c1)N1CCN(c2ccc(C(F)(F)F)cn2)CC1. The van der Waals surface area contributed by atoms with E-state index in [0.29, 0.717) is 54.3 Å². The Morgan fingerprint density at radius 3 is 2.51 bits per heavy atom. The molecule has 2 N–H and O–H groups in total. The predicted molar refractivity (Wildman–Crippen MR) is 135 cm³/mol. The Bertz CT molecular complexity index is 1680. The number of rotatable bonds is 3. The van der Waals surface area contributed by atoms with Crippen LogP contribution in [0.5, 0.6) is 0 Å². The molecule has 12 heteroatoms. The maximum Gasteiger partial charge on any atom is 0.417 e. The predicted octanol–water partition coefficient (Wildman–Crippen LogP) is 4.51. The monoisotopic (exact) mass is 524 g/mol. The fourth-order valence-electron chi connectivity index (χ4n) is 4.46. The number of fused-ring (bicyclic) bond motifs is 2. The molecule has 1 amide bonds. The third-order valence-electron chi connectivity index (χ3n) is 6.43. The van der Waals surface area contributed by atoms with Gasteiger partial charge in [-0.15, -0.1) is 11.3 Å². The molecule has 0 bridgehead atoms. The van der Waals surface area contributed by atoms with Crippen molar-refractivity contribution in [3.8, 4) is 11.4 Å². The molecule has 0 spiro atoms. The maximum absolute atomic E-state index is 13.2. The molecule has 4 aromatic heterocycles. The number of piperazine rings is 1. The molecule has 6 rings (SSSR count). The number of amides is 1. The normalized spacial score (nSPS) is 14.6. The highest BCUT2D eigenvalue weighted by Gasteiger charge is 2.31. The summed E-state index contributed by atoms with van der Waals surface area (Å²) in [5, 5.41) is 4.47. The average molecular weight is 525 g/mol. The van der Waals surface area contributed by atoms with Crippen molar-refractivity contribution in [2.75, 3.05) is 31.1 Å². The van der Waals surface area contributed by atoms with Crippen LogP contribution in [0.15, 0.2) is 58.1 Å². The van der Waals surface area contributed by atoms with Gasteiger partial charge in [-0.05, 0) is 36.4 Å². The minimum atomic E-state index is -4.43.